The molecule has 0 fully saturated rings. The van der Waals surface area contributed by atoms with E-state index >= 15 is 0 Å². The van der Waals surface area contributed by atoms with E-state index in [1.165, 1.54) is 0 Å². The average molecular weight is 349 g/mol. The van der Waals surface area contributed by atoms with E-state index in [-0.39, 0.29) is 0 Å². The number of rotatable bonds is 4. The van der Waals surface area contributed by atoms with E-state index in [2.05, 4.69) is 15.9 Å². The first-order valence-electron chi connectivity index (χ1n) is 6.96. The number of benzene rings is 2. The Hall–Kier alpha value is -1.32. The molecule has 2 aromatic carbocycles. The first-order chi connectivity index (χ1) is 9.85. The third-order valence-electron chi connectivity index (χ3n) is 3.92. The summed E-state index contributed by atoms with van der Waals surface area (Å²) in [6.07, 6.45) is 0.541. The Bertz CT molecular complexity index is 630. The monoisotopic (exact) mass is 348 g/mol. The van der Waals surface area contributed by atoms with Crippen LogP contribution in [0.3, 0.4) is 0 Å². The zero-order valence-corrected chi connectivity index (χ0v) is 14.5. The Labute approximate surface area is 134 Å². The maximum absolute atomic E-state index is 10.9. The van der Waals surface area contributed by atoms with Crippen LogP contribution in [0.2, 0.25) is 0 Å². The van der Waals surface area contributed by atoms with Gasteiger partial charge in [0.15, 0.2) is 0 Å². The first kappa shape index (κ1) is 16.1. The van der Waals surface area contributed by atoms with E-state index in [4.69, 9.17) is 4.74 Å². The Morgan fingerprint density at radius 1 is 1.10 bits per heavy atom. The molecule has 2 aromatic rings. The zero-order chi connectivity index (χ0) is 15.6. The summed E-state index contributed by atoms with van der Waals surface area (Å²) in [6.45, 7) is 5.90. The first-order valence-corrected chi connectivity index (χ1v) is 7.76. The summed E-state index contributed by atoms with van der Waals surface area (Å²) < 4.78 is 6.57. The molecule has 0 spiro atoms. The van der Waals surface area contributed by atoms with Crippen molar-refractivity contribution in [3.8, 4) is 5.75 Å². The quantitative estimate of drug-likeness (QED) is 0.879. The second-order valence-electron chi connectivity index (χ2n) is 5.67. The van der Waals surface area contributed by atoms with Crippen molar-refractivity contribution in [1.82, 2.24) is 0 Å². The third-order valence-corrected chi connectivity index (χ3v) is 4.45. The number of hydrogen-bond donors (Lipinski definition) is 1. The minimum Gasteiger partial charge on any atom is -0.496 e. The molecule has 0 saturated heterocycles. The average Bonchev–Trinajstić information content (AvgIpc) is 2.43. The third kappa shape index (κ3) is 3.47. The number of aliphatic hydroxyl groups is 1. The SMILES string of the molecule is COc1c(C(C)(O)Cc2ccc(Br)cc2)ccc(C)c1C. The molecule has 0 bridgehead atoms. The van der Waals surface area contributed by atoms with Gasteiger partial charge in [-0.1, -0.05) is 40.2 Å². The van der Waals surface area contributed by atoms with Crippen LogP contribution in [0.5, 0.6) is 5.75 Å². The van der Waals surface area contributed by atoms with Crippen LogP contribution in [-0.4, -0.2) is 12.2 Å². The van der Waals surface area contributed by atoms with Crippen molar-refractivity contribution in [1.29, 1.82) is 0 Å². The molecule has 0 aromatic heterocycles. The van der Waals surface area contributed by atoms with Gasteiger partial charge in [0.05, 0.1) is 12.7 Å². The van der Waals surface area contributed by atoms with E-state index in [1.54, 1.807) is 7.11 Å². The maximum atomic E-state index is 10.9. The lowest BCUT2D eigenvalue weighted by Crippen LogP contribution is -2.25. The molecule has 0 heterocycles. The number of hydrogen-bond acceptors (Lipinski definition) is 2. The van der Waals surface area contributed by atoms with E-state index in [0.717, 1.165) is 32.5 Å². The molecular formula is C18H21BrO2. The van der Waals surface area contributed by atoms with Crippen LogP contribution in [0, 0.1) is 13.8 Å². The highest BCUT2D eigenvalue weighted by Gasteiger charge is 2.28. The molecule has 0 aliphatic rings. The molecule has 0 saturated carbocycles. The molecule has 0 radical (unpaired) electrons. The Balaban J connectivity index is 2.39. The fourth-order valence-electron chi connectivity index (χ4n) is 2.57. The van der Waals surface area contributed by atoms with E-state index in [1.807, 2.05) is 57.2 Å². The predicted molar refractivity (Wildman–Crippen MR) is 89.9 cm³/mol. The molecule has 0 aliphatic carbocycles. The normalized spacial score (nSPS) is 13.8. The van der Waals surface area contributed by atoms with Crippen molar-refractivity contribution < 1.29 is 9.84 Å². The van der Waals surface area contributed by atoms with Crippen LogP contribution < -0.4 is 4.74 Å². The topological polar surface area (TPSA) is 29.5 Å². The Morgan fingerprint density at radius 2 is 1.71 bits per heavy atom. The van der Waals surface area contributed by atoms with Crippen molar-refractivity contribution in [3.63, 3.8) is 0 Å². The van der Waals surface area contributed by atoms with Crippen molar-refractivity contribution >= 4 is 15.9 Å². The van der Waals surface area contributed by atoms with Gasteiger partial charge in [0.1, 0.15) is 5.75 Å². The summed E-state index contributed by atoms with van der Waals surface area (Å²) in [6, 6.07) is 12.0. The molecule has 0 amide bonds. The minimum atomic E-state index is -0.975. The molecule has 3 heteroatoms. The van der Waals surface area contributed by atoms with Crippen molar-refractivity contribution in [2.24, 2.45) is 0 Å². The number of halogens is 1. The summed E-state index contributed by atoms with van der Waals surface area (Å²) >= 11 is 3.43. The molecular weight excluding hydrogens is 328 g/mol. The number of methoxy groups -OCH3 is 1. The van der Waals surface area contributed by atoms with Crippen LogP contribution in [-0.2, 0) is 12.0 Å². The van der Waals surface area contributed by atoms with E-state index < -0.39 is 5.60 Å². The summed E-state index contributed by atoms with van der Waals surface area (Å²) in [5.41, 5.74) is 3.18. The number of ether oxygens (including phenoxy) is 1. The van der Waals surface area contributed by atoms with Gasteiger partial charge in [-0.25, -0.2) is 0 Å². The standard InChI is InChI=1S/C18H21BrO2/c1-12-5-10-16(17(21-4)13(12)2)18(3,20)11-14-6-8-15(19)9-7-14/h5-10,20H,11H2,1-4H3. The molecule has 0 aliphatic heterocycles. The lowest BCUT2D eigenvalue weighted by Gasteiger charge is -2.27. The second-order valence-corrected chi connectivity index (χ2v) is 6.58. The summed E-state index contributed by atoms with van der Waals surface area (Å²) in [4.78, 5) is 0. The summed E-state index contributed by atoms with van der Waals surface area (Å²) in [7, 11) is 1.65. The van der Waals surface area contributed by atoms with Gasteiger partial charge in [-0.15, -0.1) is 0 Å². The molecule has 112 valence electrons. The van der Waals surface area contributed by atoms with Gasteiger partial charge in [0.2, 0.25) is 0 Å². The lowest BCUT2D eigenvalue weighted by atomic mass is 9.86. The highest BCUT2D eigenvalue weighted by molar-refractivity contribution is 9.10. The molecule has 1 atom stereocenters. The van der Waals surface area contributed by atoms with E-state index in [0.29, 0.717) is 6.42 Å². The summed E-state index contributed by atoms with van der Waals surface area (Å²) in [5, 5.41) is 10.9. The van der Waals surface area contributed by atoms with Crippen molar-refractivity contribution in [2.45, 2.75) is 32.8 Å². The van der Waals surface area contributed by atoms with Gasteiger partial charge in [-0.05, 0) is 49.6 Å². The van der Waals surface area contributed by atoms with Crippen molar-refractivity contribution in [2.75, 3.05) is 7.11 Å². The largest absolute Gasteiger partial charge is 0.496 e. The van der Waals surface area contributed by atoms with Crippen molar-refractivity contribution in [3.05, 3.63) is 63.1 Å². The van der Waals surface area contributed by atoms with Gasteiger partial charge in [0, 0.05) is 16.5 Å². The molecule has 21 heavy (non-hydrogen) atoms. The summed E-state index contributed by atoms with van der Waals surface area (Å²) in [5.74, 6) is 0.775. The second kappa shape index (κ2) is 6.20. The van der Waals surface area contributed by atoms with Gasteiger partial charge in [-0.3, -0.25) is 0 Å². The van der Waals surface area contributed by atoms with Crippen LogP contribution in [0.1, 0.15) is 29.2 Å². The van der Waals surface area contributed by atoms with Crippen LogP contribution in [0.25, 0.3) is 0 Å². The highest BCUT2D eigenvalue weighted by Crippen LogP contribution is 2.36. The van der Waals surface area contributed by atoms with E-state index in [9.17, 15) is 5.11 Å². The van der Waals surface area contributed by atoms with Gasteiger partial charge in [0.25, 0.3) is 0 Å². The van der Waals surface area contributed by atoms with Gasteiger partial charge in [-0.2, -0.15) is 0 Å². The fraction of sp³-hybridized carbons (Fsp3) is 0.333. The molecule has 2 nitrogen and oxygen atoms in total. The fourth-order valence-corrected chi connectivity index (χ4v) is 2.84. The molecule has 1 unspecified atom stereocenters. The van der Waals surface area contributed by atoms with Crippen LogP contribution >= 0.6 is 15.9 Å². The lowest BCUT2D eigenvalue weighted by molar-refractivity contribution is 0.0548. The molecule has 2 rings (SSSR count). The minimum absolute atomic E-state index is 0.541. The van der Waals surface area contributed by atoms with Gasteiger partial charge < -0.3 is 9.84 Å². The zero-order valence-electron chi connectivity index (χ0n) is 12.9. The van der Waals surface area contributed by atoms with Crippen LogP contribution in [0.4, 0.5) is 0 Å². The highest BCUT2D eigenvalue weighted by atomic mass is 79.9. The Morgan fingerprint density at radius 3 is 2.29 bits per heavy atom. The van der Waals surface area contributed by atoms with Crippen LogP contribution in [0.15, 0.2) is 40.9 Å². The smallest absolute Gasteiger partial charge is 0.128 e. The predicted octanol–water partition coefficient (Wildman–Crippen LogP) is 4.52. The maximum Gasteiger partial charge on any atom is 0.128 e. The van der Waals surface area contributed by atoms with Gasteiger partial charge >= 0.3 is 0 Å². The number of aryl methyl sites for hydroxylation is 1. The molecule has 1 N–H and O–H groups in total. The Kier molecular flexibility index (Phi) is 4.74.